The maximum absolute atomic E-state index is 11.0. The minimum atomic E-state index is -0.925. The summed E-state index contributed by atoms with van der Waals surface area (Å²) in [6.45, 7) is 3.04. The van der Waals surface area contributed by atoms with Gasteiger partial charge in [-0.3, -0.25) is 9.59 Å². The lowest BCUT2D eigenvalue weighted by Crippen LogP contribution is -2.39. The zero-order valence-electron chi connectivity index (χ0n) is 6.59. The zero-order chi connectivity index (χ0) is 8.48. The third-order valence-corrected chi connectivity index (χ3v) is 1.84. The van der Waals surface area contributed by atoms with Crippen LogP contribution in [0.2, 0.25) is 0 Å². The lowest BCUT2D eigenvalue weighted by atomic mass is 9.93. The molecule has 0 amide bonds. The van der Waals surface area contributed by atoms with Crippen LogP contribution in [0.1, 0.15) is 20.3 Å². The lowest BCUT2D eigenvalue weighted by molar-refractivity contribution is -0.140. The third-order valence-electron chi connectivity index (χ3n) is 1.84. The molecule has 1 atom stereocenters. The van der Waals surface area contributed by atoms with Gasteiger partial charge in [0, 0.05) is 6.08 Å². The lowest BCUT2D eigenvalue weighted by Gasteiger charge is -2.27. The van der Waals surface area contributed by atoms with E-state index in [4.69, 9.17) is 4.74 Å². The second-order valence-corrected chi connectivity index (χ2v) is 2.85. The molecule has 0 bridgehead atoms. The predicted octanol–water partition coefficient (Wildman–Crippen LogP) is 0.837. The highest BCUT2D eigenvalue weighted by molar-refractivity contribution is 5.97. The Morgan fingerprint density at radius 1 is 1.73 bits per heavy atom. The molecule has 0 fully saturated rings. The van der Waals surface area contributed by atoms with Gasteiger partial charge in [0.15, 0.2) is 17.2 Å². The highest BCUT2D eigenvalue weighted by Crippen LogP contribution is 2.21. The standard InChI is InChI=1S/C8H10O3/c1-6(9)8(2)5-7(10)3-4-11-8/h3-4H,5H2,1-2H3. The maximum atomic E-state index is 11.0. The van der Waals surface area contributed by atoms with Gasteiger partial charge in [-0.05, 0) is 13.8 Å². The highest BCUT2D eigenvalue weighted by atomic mass is 16.5. The molecule has 0 N–H and O–H groups in total. The number of Topliss-reactive ketones (excluding diaryl/α,β-unsaturated/α-hetero) is 1. The predicted molar refractivity (Wildman–Crippen MR) is 38.9 cm³/mol. The van der Waals surface area contributed by atoms with Crippen LogP contribution >= 0.6 is 0 Å². The molecule has 0 saturated heterocycles. The van der Waals surface area contributed by atoms with Crippen molar-refractivity contribution in [3.63, 3.8) is 0 Å². The molecule has 0 aromatic heterocycles. The molecule has 1 unspecified atom stereocenters. The number of carbonyl (C=O) groups excluding carboxylic acids is 2. The molecule has 0 aromatic rings. The van der Waals surface area contributed by atoms with E-state index in [1.807, 2.05) is 0 Å². The zero-order valence-corrected chi connectivity index (χ0v) is 6.59. The van der Waals surface area contributed by atoms with Crippen LogP contribution < -0.4 is 0 Å². The minimum absolute atomic E-state index is 0.0612. The normalized spacial score (nSPS) is 29.8. The number of allylic oxidation sites excluding steroid dienone is 1. The molecule has 1 aliphatic rings. The molecule has 3 nitrogen and oxygen atoms in total. The number of ether oxygens (including phenoxy) is 1. The maximum Gasteiger partial charge on any atom is 0.173 e. The van der Waals surface area contributed by atoms with E-state index in [9.17, 15) is 9.59 Å². The molecule has 0 radical (unpaired) electrons. The van der Waals surface area contributed by atoms with Gasteiger partial charge in [0.25, 0.3) is 0 Å². The van der Waals surface area contributed by atoms with Gasteiger partial charge >= 0.3 is 0 Å². The van der Waals surface area contributed by atoms with E-state index in [1.54, 1.807) is 6.92 Å². The Morgan fingerprint density at radius 2 is 2.36 bits per heavy atom. The highest BCUT2D eigenvalue weighted by Gasteiger charge is 2.35. The van der Waals surface area contributed by atoms with Gasteiger partial charge in [-0.2, -0.15) is 0 Å². The average molecular weight is 154 g/mol. The van der Waals surface area contributed by atoms with E-state index < -0.39 is 5.60 Å². The fourth-order valence-corrected chi connectivity index (χ4v) is 0.901. The van der Waals surface area contributed by atoms with Gasteiger partial charge in [0.05, 0.1) is 12.7 Å². The molecule has 1 aliphatic heterocycles. The first kappa shape index (κ1) is 7.98. The summed E-state index contributed by atoms with van der Waals surface area (Å²) in [6.07, 6.45) is 2.77. The van der Waals surface area contributed by atoms with Crippen molar-refractivity contribution in [2.24, 2.45) is 0 Å². The topological polar surface area (TPSA) is 43.4 Å². The second-order valence-electron chi connectivity index (χ2n) is 2.85. The molecule has 60 valence electrons. The van der Waals surface area contributed by atoms with Crippen molar-refractivity contribution in [2.75, 3.05) is 0 Å². The van der Waals surface area contributed by atoms with Crippen LogP contribution in [-0.2, 0) is 14.3 Å². The molecule has 0 aliphatic carbocycles. The monoisotopic (exact) mass is 154 g/mol. The molecule has 1 heterocycles. The molecular weight excluding hydrogens is 144 g/mol. The van der Waals surface area contributed by atoms with Crippen molar-refractivity contribution < 1.29 is 14.3 Å². The smallest absolute Gasteiger partial charge is 0.173 e. The van der Waals surface area contributed by atoms with Crippen LogP contribution in [0.5, 0.6) is 0 Å². The summed E-state index contributed by atoms with van der Waals surface area (Å²) in [5.74, 6) is -0.177. The van der Waals surface area contributed by atoms with Gasteiger partial charge < -0.3 is 4.74 Å². The molecule has 11 heavy (non-hydrogen) atoms. The summed E-state index contributed by atoms with van der Waals surface area (Å²) in [5.41, 5.74) is -0.925. The Balaban J connectivity index is 2.83. The summed E-state index contributed by atoms with van der Waals surface area (Å²) < 4.78 is 5.05. The first-order chi connectivity index (χ1) is 5.04. The van der Waals surface area contributed by atoms with Crippen LogP contribution in [-0.4, -0.2) is 17.2 Å². The SMILES string of the molecule is CC(=O)C1(C)CC(=O)C=CO1. The summed E-state index contributed by atoms with van der Waals surface area (Å²) in [6, 6.07) is 0. The third kappa shape index (κ3) is 1.48. The van der Waals surface area contributed by atoms with Gasteiger partial charge in [-0.15, -0.1) is 0 Å². The second kappa shape index (κ2) is 2.49. The Labute approximate surface area is 65.0 Å². The van der Waals surface area contributed by atoms with E-state index in [-0.39, 0.29) is 18.0 Å². The summed E-state index contributed by atoms with van der Waals surface area (Å²) >= 11 is 0. The van der Waals surface area contributed by atoms with Gasteiger partial charge in [0.2, 0.25) is 0 Å². The summed E-state index contributed by atoms with van der Waals surface area (Å²) in [4.78, 5) is 21.8. The Morgan fingerprint density at radius 3 is 2.73 bits per heavy atom. The van der Waals surface area contributed by atoms with Gasteiger partial charge in [0.1, 0.15) is 0 Å². The first-order valence-corrected chi connectivity index (χ1v) is 3.43. The van der Waals surface area contributed by atoms with E-state index in [1.165, 1.54) is 19.3 Å². The Kier molecular flexibility index (Phi) is 1.81. The van der Waals surface area contributed by atoms with Crippen molar-refractivity contribution in [2.45, 2.75) is 25.9 Å². The fraction of sp³-hybridized carbons (Fsp3) is 0.500. The molecule has 1 rings (SSSR count). The van der Waals surface area contributed by atoms with Crippen molar-refractivity contribution in [1.82, 2.24) is 0 Å². The molecule has 3 heteroatoms. The number of rotatable bonds is 1. The van der Waals surface area contributed by atoms with Gasteiger partial charge in [-0.25, -0.2) is 0 Å². The largest absolute Gasteiger partial charge is 0.487 e. The van der Waals surface area contributed by atoms with E-state index in [0.717, 1.165) is 0 Å². The van der Waals surface area contributed by atoms with Crippen molar-refractivity contribution in [1.29, 1.82) is 0 Å². The molecule has 0 spiro atoms. The number of hydrogen-bond donors (Lipinski definition) is 0. The van der Waals surface area contributed by atoms with Gasteiger partial charge in [-0.1, -0.05) is 0 Å². The van der Waals surface area contributed by atoms with Crippen LogP contribution in [0.3, 0.4) is 0 Å². The molecule has 0 aromatic carbocycles. The van der Waals surface area contributed by atoms with Crippen LogP contribution in [0, 0.1) is 0 Å². The first-order valence-electron chi connectivity index (χ1n) is 3.43. The quantitative estimate of drug-likeness (QED) is 0.562. The number of carbonyl (C=O) groups is 2. The Hall–Kier alpha value is -1.12. The average Bonchev–Trinajstić information content (AvgIpc) is 1.86. The van der Waals surface area contributed by atoms with E-state index in [0.29, 0.717) is 0 Å². The van der Waals surface area contributed by atoms with Crippen LogP contribution in [0.4, 0.5) is 0 Å². The minimum Gasteiger partial charge on any atom is -0.487 e. The van der Waals surface area contributed by atoms with E-state index >= 15 is 0 Å². The fourth-order valence-electron chi connectivity index (χ4n) is 0.901. The van der Waals surface area contributed by atoms with Crippen molar-refractivity contribution >= 4 is 11.6 Å². The molecular formula is C8H10O3. The van der Waals surface area contributed by atoms with E-state index in [2.05, 4.69) is 0 Å². The number of hydrogen-bond acceptors (Lipinski definition) is 3. The summed E-state index contributed by atoms with van der Waals surface area (Å²) in [7, 11) is 0. The van der Waals surface area contributed by atoms with Crippen LogP contribution in [0.15, 0.2) is 12.3 Å². The number of ketones is 2. The Bertz CT molecular complexity index is 229. The summed E-state index contributed by atoms with van der Waals surface area (Å²) in [5, 5.41) is 0. The van der Waals surface area contributed by atoms with Crippen molar-refractivity contribution in [3.05, 3.63) is 12.3 Å². The van der Waals surface area contributed by atoms with Crippen LogP contribution in [0.25, 0.3) is 0 Å². The molecule has 0 saturated carbocycles. The van der Waals surface area contributed by atoms with Crippen molar-refractivity contribution in [3.8, 4) is 0 Å².